The quantitative estimate of drug-likeness (QED) is 0.752. The lowest BCUT2D eigenvalue weighted by atomic mass is 10.2. The van der Waals surface area contributed by atoms with Crippen molar-refractivity contribution in [3.8, 4) is 11.5 Å². The third-order valence-electron chi connectivity index (χ3n) is 5.38. The Hall–Kier alpha value is -1.73. The Balaban J connectivity index is 1.22. The minimum absolute atomic E-state index is 0.293. The molecule has 0 saturated carbocycles. The molecule has 2 aromatic rings. The van der Waals surface area contributed by atoms with Crippen LogP contribution >= 0.6 is 11.8 Å². The largest absolute Gasteiger partial charge is 0.492 e. The van der Waals surface area contributed by atoms with Gasteiger partial charge in [-0.05, 0) is 23.8 Å². The number of benzene rings is 2. The summed E-state index contributed by atoms with van der Waals surface area (Å²) in [5, 5.41) is 10.5. The van der Waals surface area contributed by atoms with Crippen LogP contribution < -0.4 is 9.47 Å². The van der Waals surface area contributed by atoms with Crippen LogP contribution in [0.5, 0.6) is 11.5 Å². The highest BCUT2D eigenvalue weighted by Gasteiger charge is 2.18. The van der Waals surface area contributed by atoms with Crippen molar-refractivity contribution in [2.24, 2.45) is 0 Å². The lowest BCUT2D eigenvalue weighted by molar-refractivity contribution is 0.0637. The van der Waals surface area contributed by atoms with Crippen molar-refractivity contribution in [2.75, 3.05) is 50.9 Å². The second-order valence-electron chi connectivity index (χ2n) is 7.69. The molecule has 4 rings (SSSR count). The molecular formula is C23H30N2O3S. The Morgan fingerprint density at radius 2 is 1.79 bits per heavy atom. The van der Waals surface area contributed by atoms with E-state index in [0.717, 1.165) is 31.1 Å². The maximum Gasteiger partial charge on any atom is 0.123 e. The van der Waals surface area contributed by atoms with Crippen molar-refractivity contribution < 1.29 is 14.6 Å². The van der Waals surface area contributed by atoms with E-state index in [9.17, 15) is 5.11 Å². The number of para-hydroxylation sites is 1. The van der Waals surface area contributed by atoms with Crippen molar-refractivity contribution in [1.29, 1.82) is 0 Å². The first kappa shape index (κ1) is 20.5. The molecule has 0 radical (unpaired) electrons. The summed E-state index contributed by atoms with van der Waals surface area (Å²) in [7, 11) is 0. The first-order chi connectivity index (χ1) is 14.3. The minimum Gasteiger partial charge on any atom is -0.492 e. The molecule has 2 heterocycles. The fourth-order valence-electron chi connectivity index (χ4n) is 3.79. The molecule has 2 aliphatic heterocycles. The first-order valence-corrected chi connectivity index (χ1v) is 11.5. The van der Waals surface area contributed by atoms with Crippen LogP contribution in [0.25, 0.3) is 0 Å². The molecule has 1 fully saturated rings. The van der Waals surface area contributed by atoms with Gasteiger partial charge in [0, 0.05) is 56.3 Å². The summed E-state index contributed by atoms with van der Waals surface area (Å²) in [4.78, 5) is 4.72. The van der Waals surface area contributed by atoms with Gasteiger partial charge in [-0.2, -0.15) is 11.8 Å². The lowest BCUT2D eigenvalue weighted by Gasteiger charge is -2.26. The highest BCUT2D eigenvalue weighted by Crippen LogP contribution is 2.22. The molecule has 0 amide bonds. The standard InChI is InChI=1S/C23H30N2O3S/c26-21(17-25-9-12-27-23-4-2-1-3-20(23)16-25)18-28-22-7-5-19(6-8-22)15-24-10-13-29-14-11-24/h1-8,21,26H,9-18H2. The predicted molar refractivity (Wildman–Crippen MR) is 118 cm³/mol. The summed E-state index contributed by atoms with van der Waals surface area (Å²) in [6, 6.07) is 16.4. The molecule has 0 aromatic heterocycles. The summed E-state index contributed by atoms with van der Waals surface area (Å²) in [5.74, 6) is 4.22. The Labute approximate surface area is 177 Å². The van der Waals surface area contributed by atoms with Gasteiger partial charge in [-0.1, -0.05) is 30.3 Å². The van der Waals surface area contributed by atoms with E-state index < -0.39 is 6.10 Å². The van der Waals surface area contributed by atoms with Gasteiger partial charge in [0.1, 0.15) is 30.8 Å². The maximum absolute atomic E-state index is 10.5. The topological polar surface area (TPSA) is 45.2 Å². The van der Waals surface area contributed by atoms with E-state index in [1.165, 1.54) is 35.7 Å². The van der Waals surface area contributed by atoms with Gasteiger partial charge >= 0.3 is 0 Å². The second kappa shape index (κ2) is 10.3. The average molecular weight is 415 g/mol. The van der Waals surface area contributed by atoms with E-state index in [4.69, 9.17) is 9.47 Å². The number of aliphatic hydroxyl groups excluding tert-OH is 1. The summed E-state index contributed by atoms with van der Waals surface area (Å²) in [6.07, 6.45) is -0.536. The molecule has 2 aromatic carbocycles. The van der Waals surface area contributed by atoms with E-state index in [1.807, 2.05) is 42.1 Å². The summed E-state index contributed by atoms with van der Waals surface area (Å²) in [5.41, 5.74) is 2.48. The molecule has 29 heavy (non-hydrogen) atoms. The molecule has 5 nitrogen and oxygen atoms in total. The Morgan fingerprint density at radius 1 is 1.00 bits per heavy atom. The lowest BCUT2D eigenvalue weighted by Crippen LogP contribution is -2.36. The molecule has 2 aliphatic rings. The van der Waals surface area contributed by atoms with Crippen molar-refractivity contribution in [2.45, 2.75) is 19.2 Å². The molecular weight excluding hydrogens is 384 g/mol. The number of nitrogens with zero attached hydrogens (tertiary/aromatic N) is 2. The number of ether oxygens (including phenoxy) is 2. The van der Waals surface area contributed by atoms with Crippen LogP contribution in [0.3, 0.4) is 0 Å². The van der Waals surface area contributed by atoms with E-state index in [0.29, 0.717) is 19.8 Å². The van der Waals surface area contributed by atoms with Gasteiger partial charge < -0.3 is 14.6 Å². The number of β-amino-alcohol motifs (C(OH)–C–C–N with tert-alkyl or cyclic N) is 1. The van der Waals surface area contributed by atoms with Crippen LogP contribution in [0, 0.1) is 0 Å². The van der Waals surface area contributed by atoms with E-state index in [-0.39, 0.29) is 0 Å². The summed E-state index contributed by atoms with van der Waals surface area (Å²) >= 11 is 2.04. The molecule has 1 unspecified atom stereocenters. The van der Waals surface area contributed by atoms with E-state index >= 15 is 0 Å². The van der Waals surface area contributed by atoms with Crippen molar-refractivity contribution in [1.82, 2.24) is 9.80 Å². The molecule has 1 saturated heterocycles. The summed E-state index contributed by atoms with van der Waals surface area (Å²) < 4.78 is 11.6. The number of aliphatic hydroxyl groups is 1. The molecule has 1 N–H and O–H groups in total. The minimum atomic E-state index is -0.536. The average Bonchev–Trinajstić information content (AvgIpc) is 2.95. The molecule has 1 atom stereocenters. The van der Waals surface area contributed by atoms with Crippen molar-refractivity contribution in [3.63, 3.8) is 0 Å². The van der Waals surface area contributed by atoms with Crippen LogP contribution in [0.15, 0.2) is 48.5 Å². The zero-order valence-electron chi connectivity index (χ0n) is 16.8. The Bertz CT molecular complexity index is 765. The number of fused-ring (bicyclic) bond motifs is 1. The first-order valence-electron chi connectivity index (χ1n) is 10.4. The third-order valence-corrected chi connectivity index (χ3v) is 6.32. The monoisotopic (exact) mass is 414 g/mol. The van der Waals surface area contributed by atoms with Gasteiger partial charge in [0.05, 0.1) is 0 Å². The highest BCUT2D eigenvalue weighted by molar-refractivity contribution is 7.99. The zero-order chi connectivity index (χ0) is 19.9. The van der Waals surface area contributed by atoms with Gasteiger partial charge in [0.15, 0.2) is 0 Å². The fourth-order valence-corrected chi connectivity index (χ4v) is 4.77. The number of thioether (sulfide) groups is 1. The zero-order valence-corrected chi connectivity index (χ0v) is 17.7. The van der Waals surface area contributed by atoms with Gasteiger partial charge in [-0.3, -0.25) is 9.80 Å². The van der Waals surface area contributed by atoms with Crippen molar-refractivity contribution in [3.05, 3.63) is 59.7 Å². The summed E-state index contributed by atoms with van der Waals surface area (Å²) in [6.45, 7) is 6.43. The normalized spacial score (nSPS) is 19.1. The van der Waals surface area contributed by atoms with Crippen molar-refractivity contribution >= 4 is 11.8 Å². The predicted octanol–water partition coefficient (Wildman–Crippen LogP) is 2.87. The smallest absolute Gasteiger partial charge is 0.123 e. The molecule has 156 valence electrons. The highest BCUT2D eigenvalue weighted by atomic mass is 32.2. The van der Waals surface area contributed by atoms with Gasteiger partial charge in [-0.25, -0.2) is 0 Å². The fraction of sp³-hybridized carbons (Fsp3) is 0.478. The Morgan fingerprint density at radius 3 is 2.62 bits per heavy atom. The molecule has 0 bridgehead atoms. The molecule has 6 heteroatoms. The van der Waals surface area contributed by atoms with Crippen LogP contribution in [0.4, 0.5) is 0 Å². The number of rotatable bonds is 7. The SMILES string of the molecule is OC(COc1ccc(CN2CCSCC2)cc1)CN1CCOc2ccccc2C1. The van der Waals surface area contributed by atoms with Crippen LogP contribution in [-0.2, 0) is 13.1 Å². The molecule has 0 aliphatic carbocycles. The Kier molecular flexibility index (Phi) is 7.33. The van der Waals surface area contributed by atoms with Gasteiger partial charge in [0.25, 0.3) is 0 Å². The van der Waals surface area contributed by atoms with E-state index in [1.54, 1.807) is 0 Å². The second-order valence-corrected chi connectivity index (χ2v) is 8.91. The van der Waals surface area contributed by atoms with Gasteiger partial charge in [-0.15, -0.1) is 0 Å². The molecule has 0 spiro atoms. The number of hydrogen-bond donors (Lipinski definition) is 1. The van der Waals surface area contributed by atoms with E-state index in [2.05, 4.69) is 28.0 Å². The van der Waals surface area contributed by atoms with Crippen LogP contribution in [-0.4, -0.2) is 71.9 Å². The van der Waals surface area contributed by atoms with Crippen LogP contribution in [0.2, 0.25) is 0 Å². The van der Waals surface area contributed by atoms with Gasteiger partial charge in [0.2, 0.25) is 0 Å². The van der Waals surface area contributed by atoms with Crippen LogP contribution in [0.1, 0.15) is 11.1 Å². The number of hydrogen-bond acceptors (Lipinski definition) is 6. The maximum atomic E-state index is 10.5. The third kappa shape index (κ3) is 6.12.